The number of methoxy groups -OCH3 is 1. The Morgan fingerprint density at radius 1 is 1.50 bits per heavy atom. The molecule has 14 heavy (non-hydrogen) atoms. The maximum absolute atomic E-state index is 10.9. The van der Waals surface area contributed by atoms with E-state index in [1.54, 1.807) is 27.0 Å². The summed E-state index contributed by atoms with van der Waals surface area (Å²) >= 11 is 3.31. The lowest BCUT2D eigenvalue weighted by molar-refractivity contribution is 0.0695. The minimum atomic E-state index is -0.914. The van der Waals surface area contributed by atoms with Crippen molar-refractivity contribution in [2.24, 2.45) is 0 Å². The number of hydrogen-bond acceptors (Lipinski definition) is 2. The molecule has 1 aromatic rings. The van der Waals surface area contributed by atoms with Crippen LogP contribution in [0.3, 0.4) is 0 Å². The lowest BCUT2D eigenvalue weighted by atomic mass is 10.0. The molecule has 0 atom stereocenters. The summed E-state index contributed by atoms with van der Waals surface area (Å²) in [6.07, 6.45) is 0. The van der Waals surface area contributed by atoms with Gasteiger partial charge in [-0.05, 0) is 47.0 Å². The first-order valence-corrected chi connectivity index (χ1v) is 4.85. The highest BCUT2D eigenvalue weighted by molar-refractivity contribution is 9.10. The van der Waals surface area contributed by atoms with Gasteiger partial charge in [0.1, 0.15) is 5.75 Å². The molecule has 0 radical (unpaired) electrons. The smallest absolute Gasteiger partial charge is 0.336 e. The quantitative estimate of drug-likeness (QED) is 0.888. The van der Waals surface area contributed by atoms with E-state index >= 15 is 0 Å². The van der Waals surface area contributed by atoms with E-state index < -0.39 is 5.97 Å². The third-order valence-electron chi connectivity index (χ3n) is 2.10. The van der Waals surface area contributed by atoms with Crippen LogP contribution in [0.2, 0.25) is 0 Å². The molecule has 0 fully saturated rings. The number of halogens is 1. The molecule has 0 aliphatic carbocycles. The average Bonchev–Trinajstić information content (AvgIpc) is 2.10. The molecule has 0 heterocycles. The zero-order chi connectivity index (χ0) is 10.9. The fourth-order valence-electron chi connectivity index (χ4n) is 1.40. The summed E-state index contributed by atoms with van der Waals surface area (Å²) in [7, 11) is 1.55. The van der Waals surface area contributed by atoms with Crippen molar-refractivity contribution in [3.63, 3.8) is 0 Å². The van der Waals surface area contributed by atoms with Gasteiger partial charge < -0.3 is 9.84 Å². The Morgan fingerprint density at radius 2 is 2.07 bits per heavy atom. The van der Waals surface area contributed by atoms with Gasteiger partial charge in [0.05, 0.1) is 17.1 Å². The Hall–Kier alpha value is -1.03. The first-order chi connectivity index (χ1) is 6.49. The number of aromatic carboxylic acids is 1. The van der Waals surface area contributed by atoms with Gasteiger partial charge in [-0.25, -0.2) is 4.79 Å². The molecule has 0 saturated carbocycles. The Bertz CT molecular complexity index is 385. The van der Waals surface area contributed by atoms with Crippen molar-refractivity contribution in [3.8, 4) is 5.75 Å². The Kier molecular flexibility index (Phi) is 3.16. The summed E-state index contributed by atoms with van der Waals surface area (Å²) < 4.78 is 5.80. The Morgan fingerprint density at radius 3 is 2.50 bits per heavy atom. The fraction of sp³-hybridized carbons (Fsp3) is 0.300. The van der Waals surface area contributed by atoms with Crippen LogP contribution in [0.5, 0.6) is 5.75 Å². The van der Waals surface area contributed by atoms with E-state index in [-0.39, 0.29) is 0 Å². The summed E-state index contributed by atoms with van der Waals surface area (Å²) in [6.45, 7) is 3.51. The van der Waals surface area contributed by atoms with E-state index in [2.05, 4.69) is 15.9 Å². The van der Waals surface area contributed by atoms with Crippen LogP contribution in [0, 0.1) is 13.8 Å². The van der Waals surface area contributed by atoms with Gasteiger partial charge in [0, 0.05) is 0 Å². The second kappa shape index (κ2) is 4.00. The van der Waals surface area contributed by atoms with E-state index in [4.69, 9.17) is 9.84 Å². The fourth-order valence-corrected chi connectivity index (χ4v) is 1.87. The predicted octanol–water partition coefficient (Wildman–Crippen LogP) is 2.77. The lowest BCUT2D eigenvalue weighted by Crippen LogP contribution is -2.04. The van der Waals surface area contributed by atoms with Gasteiger partial charge >= 0.3 is 5.97 Å². The predicted molar refractivity (Wildman–Crippen MR) is 57.1 cm³/mol. The summed E-state index contributed by atoms with van der Waals surface area (Å²) in [4.78, 5) is 10.9. The zero-order valence-corrected chi connectivity index (χ0v) is 9.81. The minimum absolute atomic E-state index is 0.331. The number of carboxylic acids is 1. The third-order valence-corrected chi connectivity index (χ3v) is 3.08. The molecule has 0 amide bonds. The van der Waals surface area contributed by atoms with Gasteiger partial charge in [0.2, 0.25) is 0 Å². The number of carbonyl (C=O) groups is 1. The first-order valence-electron chi connectivity index (χ1n) is 4.06. The molecule has 0 spiro atoms. The Labute approximate surface area is 90.8 Å². The van der Waals surface area contributed by atoms with Crippen molar-refractivity contribution in [2.75, 3.05) is 7.11 Å². The minimum Gasteiger partial charge on any atom is -0.496 e. The highest BCUT2D eigenvalue weighted by atomic mass is 79.9. The van der Waals surface area contributed by atoms with E-state index in [1.165, 1.54) is 0 Å². The van der Waals surface area contributed by atoms with Gasteiger partial charge in [-0.15, -0.1) is 0 Å². The molecule has 0 aliphatic heterocycles. The molecule has 0 aromatic heterocycles. The summed E-state index contributed by atoms with van der Waals surface area (Å²) in [5.74, 6) is -0.256. The molecule has 0 aliphatic rings. The van der Waals surface area contributed by atoms with Crippen LogP contribution < -0.4 is 4.74 Å². The van der Waals surface area contributed by atoms with Crippen molar-refractivity contribution in [1.29, 1.82) is 0 Å². The van der Waals surface area contributed by atoms with Crippen LogP contribution >= 0.6 is 15.9 Å². The standard InChI is InChI=1S/C10H11BrO3/c1-5-4-7(14-3)9(11)6(2)8(5)10(12)13/h4H,1-3H3,(H,12,13). The molecule has 4 heteroatoms. The highest BCUT2D eigenvalue weighted by Gasteiger charge is 2.16. The van der Waals surface area contributed by atoms with Crippen molar-refractivity contribution in [3.05, 3.63) is 27.2 Å². The van der Waals surface area contributed by atoms with Crippen LogP contribution in [-0.2, 0) is 0 Å². The maximum Gasteiger partial charge on any atom is 0.336 e. The number of benzene rings is 1. The SMILES string of the molecule is COc1cc(C)c(C(=O)O)c(C)c1Br. The first kappa shape index (κ1) is 11.0. The molecule has 76 valence electrons. The number of aryl methyl sites for hydroxylation is 1. The number of ether oxygens (including phenoxy) is 1. The van der Waals surface area contributed by atoms with Crippen LogP contribution in [0.4, 0.5) is 0 Å². The maximum atomic E-state index is 10.9. The van der Waals surface area contributed by atoms with Gasteiger partial charge in [-0.1, -0.05) is 0 Å². The monoisotopic (exact) mass is 258 g/mol. The zero-order valence-electron chi connectivity index (χ0n) is 8.22. The summed E-state index contributed by atoms with van der Waals surface area (Å²) in [6, 6.07) is 1.71. The van der Waals surface area contributed by atoms with Crippen LogP contribution in [0.25, 0.3) is 0 Å². The third kappa shape index (κ3) is 1.75. The van der Waals surface area contributed by atoms with Crippen LogP contribution in [0.15, 0.2) is 10.5 Å². The molecule has 1 rings (SSSR count). The van der Waals surface area contributed by atoms with Crippen LogP contribution in [-0.4, -0.2) is 18.2 Å². The number of carboxylic acid groups (broad SMARTS) is 1. The molecule has 1 aromatic carbocycles. The number of hydrogen-bond donors (Lipinski definition) is 1. The molecule has 0 saturated heterocycles. The van der Waals surface area contributed by atoms with Gasteiger partial charge in [0.25, 0.3) is 0 Å². The molecule has 0 bridgehead atoms. The van der Waals surface area contributed by atoms with Crippen LogP contribution in [0.1, 0.15) is 21.5 Å². The van der Waals surface area contributed by atoms with E-state index in [0.29, 0.717) is 26.9 Å². The molecule has 1 N–H and O–H groups in total. The van der Waals surface area contributed by atoms with E-state index in [1.807, 2.05) is 0 Å². The molecular formula is C10H11BrO3. The molecular weight excluding hydrogens is 248 g/mol. The largest absolute Gasteiger partial charge is 0.496 e. The van der Waals surface area contributed by atoms with Crippen molar-refractivity contribution >= 4 is 21.9 Å². The van der Waals surface area contributed by atoms with Crippen molar-refractivity contribution in [2.45, 2.75) is 13.8 Å². The summed E-state index contributed by atoms with van der Waals surface area (Å²) in [5.41, 5.74) is 1.72. The Balaban J connectivity index is 3.49. The van der Waals surface area contributed by atoms with E-state index in [0.717, 1.165) is 0 Å². The van der Waals surface area contributed by atoms with Crippen molar-refractivity contribution < 1.29 is 14.6 Å². The lowest BCUT2D eigenvalue weighted by Gasteiger charge is -2.11. The second-order valence-electron chi connectivity index (χ2n) is 3.01. The normalized spacial score (nSPS) is 10.0. The molecule has 0 unspecified atom stereocenters. The topological polar surface area (TPSA) is 46.5 Å². The van der Waals surface area contributed by atoms with Crippen molar-refractivity contribution in [1.82, 2.24) is 0 Å². The van der Waals surface area contributed by atoms with Gasteiger partial charge in [-0.2, -0.15) is 0 Å². The van der Waals surface area contributed by atoms with Gasteiger partial charge in [-0.3, -0.25) is 0 Å². The molecule has 3 nitrogen and oxygen atoms in total. The van der Waals surface area contributed by atoms with Gasteiger partial charge in [0.15, 0.2) is 0 Å². The second-order valence-corrected chi connectivity index (χ2v) is 3.81. The highest BCUT2D eigenvalue weighted by Crippen LogP contribution is 2.32. The number of rotatable bonds is 2. The summed E-state index contributed by atoms with van der Waals surface area (Å²) in [5, 5.41) is 8.97. The van der Waals surface area contributed by atoms with E-state index in [9.17, 15) is 4.79 Å². The average molecular weight is 259 g/mol.